The van der Waals surface area contributed by atoms with Gasteiger partial charge in [0, 0.05) is 45.2 Å². The van der Waals surface area contributed by atoms with Crippen molar-refractivity contribution >= 4 is 27.3 Å². The van der Waals surface area contributed by atoms with E-state index in [4.69, 9.17) is 0 Å². The summed E-state index contributed by atoms with van der Waals surface area (Å²) in [5.41, 5.74) is 0.541. The summed E-state index contributed by atoms with van der Waals surface area (Å²) in [7, 11) is -3.08. The lowest BCUT2D eigenvalue weighted by Gasteiger charge is -2.37. The van der Waals surface area contributed by atoms with Crippen LogP contribution in [0, 0.1) is 11.7 Å². The van der Waals surface area contributed by atoms with Gasteiger partial charge in [-0.1, -0.05) is 12.1 Å². The Bertz CT molecular complexity index is 883. The van der Waals surface area contributed by atoms with Crippen LogP contribution >= 0.6 is 0 Å². The summed E-state index contributed by atoms with van der Waals surface area (Å²) in [6, 6.07) is 6.30. The predicted molar refractivity (Wildman–Crippen MR) is 102 cm³/mol. The molecule has 0 aliphatic carbocycles. The van der Waals surface area contributed by atoms with E-state index in [1.165, 1.54) is 6.07 Å². The highest BCUT2D eigenvalue weighted by Gasteiger charge is 2.43. The van der Waals surface area contributed by atoms with Crippen LogP contribution in [0.5, 0.6) is 0 Å². The lowest BCUT2D eigenvalue weighted by atomic mass is 10.1. The van der Waals surface area contributed by atoms with Gasteiger partial charge >= 0.3 is 0 Å². The van der Waals surface area contributed by atoms with Crippen molar-refractivity contribution in [1.82, 2.24) is 9.80 Å². The lowest BCUT2D eigenvalue weighted by Crippen LogP contribution is -2.51. The van der Waals surface area contributed by atoms with Gasteiger partial charge in [0.2, 0.25) is 11.8 Å². The number of hydrogen-bond donors (Lipinski definition) is 0. The van der Waals surface area contributed by atoms with Gasteiger partial charge in [-0.15, -0.1) is 0 Å². The lowest BCUT2D eigenvalue weighted by molar-refractivity contribution is -0.136. The number of rotatable bonds is 3. The van der Waals surface area contributed by atoms with Crippen LogP contribution in [0.4, 0.5) is 10.1 Å². The molecule has 0 saturated carbocycles. The highest BCUT2D eigenvalue weighted by atomic mass is 32.2. The van der Waals surface area contributed by atoms with Crippen LogP contribution in [0.15, 0.2) is 24.3 Å². The third-order valence-electron chi connectivity index (χ3n) is 5.94. The minimum Gasteiger partial charge on any atom is -0.366 e. The molecule has 7 nitrogen and oxygen atoms in total. The van der Waals surface area contributed by atoms with Crippen molar-refractivity contribution in [2.75, 3.05) is 49.1 Å². The van der Waals surface area contributed by atoms with Crippen molar-refractivity contribution in [1.29, 1.82) is 0 Å². The molecule has 3 saturated heterocycles. The number of piperazine rings is 1. The summed E-state index contributed by atoms with van der Waals surface area (Å²) in [5, 5.41) is 0. The summed E-state index contributed by atoms with van der Waals surface area (Å²) in [6.07, 6.45) is 0.596. The molecule has 0 radical (unpaired) electrons. The maximum Gasteiger partial charge on any atom is 0.228 e. The number of halogens is 1. The van der Waals surface area contributed by atoms with E-state index in [2.05, 4.69) is 0 Å². The Hall–Kier alpha value is -2.16. The molecule has 0 spiro atoms. The predicted octanol–water partition coefficient (Wildman–Crippen LogP) is 0.510. The van der Waals surface area contributed by atoms with Gasteiger partial charge in [-0.05, 0) is 18.6 Å². The van der Waals surface area contributed by atoms with E-state index in [9.17, 15) is 22.4 Å². The Morgan fingerprint density at radius 3 is 2.46 bits per heavy atom. The van der Waals surface area contributed by atoms with Crippen molar-refractivity contribution in [3.8, 4) is 0 Å². The summed E-state index contributed by atoms with van der Waals surface area (Å²) in [6.45, 7) is 2.34. The molecule has 1 aromatic carbocycles. The van der Waals surface area contributed by atoms with E-state index in [0.717, 1.165) is 0 Å². The first-order valence-corrected chi connectivity index (χ1v) is 11.4. The molecule has 1 aromatic rings. The van der Waals surface area contributed by atoms with Crippen LogP contribution in [0.25, 0.3) is 0 Å². The third kappa shape index (κ3) is 3.72. The van der Waals surface area contributed by atoms with Gasteiger partial charge in [-0.3, -0.25) is 9.59 Å². The smallest absolute Gasteiger partial charge is 0.228 e. The van der Waals surface area contributed by atoms with Gasteiger partial charge in [0.05, 0.1) is 23.1 Å². The zero-order chi connectivity index (χ0) is 19.9. The zero-order valence-electron chi connectivity index (χ0n) is 15.6. The van der Waals surface area contributed by atoms with Crippen molar-refractivity contribution in [2.24, 2.45) is 5.92 Å². The number of carbonyl (C=O) groups is 2. The van der Waals surface area contributed by atoms with Gasteiger partial charge in [0.15, 0.2) is 9.84 Å². The Labute approximate surface area is 164 Å². The summed E-state index contributed by atoms with van der Waals surface area (Å²) in [5.74, 6) is -0.782. The Kier molecular flexibility index (Phi) is 5.03. The van der Waals surface area contributed by atoms with Gasteiger partial charge in [0.25, 0.3) is 0 Å². The van der Waals surface area contributed by atoms with Gasteiger partial charge < -0.3 is 14.7 Å². The minimum absolute atomic E-state index is 0.000957. The SMILES string of the molecule is O=C([C@H]1CC(=O)N([C@H]2CCS(=O)(=O)C2)C1)N1CCN(c2ccccc2F)CC1. The first kappa shape index (κ1) is 19.2. The van der Waals surface area contributed by atoms with E-state index >= 15 is 0 Å². The first-order valence-electron chi connectivity index (χ1n) is 9.62. The second-order valence-corrected chi connectivity index (χ2v) is 10.00. The summed E-state index contributed by atoms with van der Waals surface area (Å²) in [4.78, 5) is 30.5. The Morgan fingerprint density at radius 2 is 1.82 bits per heavy atom. The number of hydrogen-bond acceptors (Lipinski definition) is 5. The topological polar surface area (TPSA) is 78.0 Å². The van der Waals surface area contributed by atoms with Gasteiger partial charge in [-0.2, -0.15) is 0 Å². The normalized spacial score (nSPS) is 27.5. The molecule has 0 unspecified atom stereocenters. The van der Waals surface area contributed by atoms with Crippen LogP contribution in [-0.2, 0) is 19.4 Å². The van der Waals surface area contributed by atoms with Gasteiger partial charge in [0.1, 0.15) is 5.82 Å². The third-order valence-corrected chi connectivity index (χ3v) is 7.69. The maximum absolute atomic E-state index is 14.0. The Balaban J connectivity index is 1.35. The molecule has 0 aromatic heterocycles. The molecule has 2 atom stereocenters. The van der Waals surface area contributed by atoms with Crippen molar-refractivity contribution < 1.29 is 22.4 Å². The maximum atomic E-state index is 14.0. The van der Waals surface area contributed by atoms with Crippen molar-refractivity contribution in [2.45, 2.75) is 18.9 Å². The molecule has 0 N–H and O–H groups in total. The number of amides is 2. The average Bonchev–Trinajstić information content (AvgIpc) is 3.23. The average molecular weight is 409 g/mol. The summed E-state index contributed by atoms with van der Waals surface area (Å²) < 4.78 is 37.3. The molecule has 2 amide bonds. The van der Waals surface area contributed by atoms with Crippen LogP contribution in [0.3, 0.4) is 0 Å². The van der Waals surface area contributed by atoms with Gasteiger partial charge in [-0.25, -0.2) is 12.8 Å². The Morgan fingerprint density at radius 1 is 1.11 bits per heavy atom. The molecule has 3 aliphatic rings. The van der Waals surface area contributed by atoms with Crippen LogP contribution in [-0.4, -0.2) is 80.3 Å². The van der Waals surface area contributed by atoms with E-state index in [1.54, 1.807) is 28.0 Å². The van der Waals surface area contributed by atoms with Crippen LogP contribution < -0.4 is 4.90 Å². The van der Waals surface area contributed by atoms with Crippen molar-refractivity contribution in [3.63, 3.8) is 0 Å². The van der Waals surface area contributed by atoms with E-state index in [1.807, 2.05) is 4.90 Å². The number of sulfone groups is 1. The molecule has 3 fully saturated rings. The monoisotopic (exact) mass is 409 g/mol. The number of para-hydroxylation sites is 1. The fourth-order valence-corrected chi connectivity index (χ4v) is 6.14. The molecule has 9 heteroatoms. The fraction of sp³-hybridized carbons (Fsp3) is 0.579. The molecule has 28 heavy (non-hydrogen) atoms. The zero-order valence-corrected chi connectivity index (χ0v) is 16.4. The minimum atomic E-state index is -3.08. The van der Waals surface area contributed by atoms with E-state index in [-0.39, 0.29) is 41.6 Å². The molecule has 4 rings (SSSR count). The second-order valence-electron chi connectivity index (χ2n) is 7.77. The molecule has 3 aliphatic heterocycles. The molecule has 3 heterocycles. The standard InChI is InChI=1S/C19H24FN3O4S/c20-16-3-1-2-4-17(16)21-6-8-22(9-7-21)19(25)14-11-18(24)23(12-14)15-5-10-28(26,27)13-15/h1-4,14-15H,5-13H2/t14-,15-/m0/s1. The van der Waals surface area contributed by atoms with E-state index in [0.29, 0.717) is 44.8 Å². The number of likely N-dealkylation sites (tertiary alicyclic amines) is 1. The second kappa shape index (κ2) is 7.35. The molecule has 152 valence electrons. The van der Waals surface area contributed by atoms with Crippen LogP contribution in [0.1, 0.15) is 12.8 Å². The molecular formula is C19H24FN3O4S. The number of anilines is 1. The van der Waals surface area contributed by atoms with E-state index < -0.39 is 15.8 Å². The van der Waals surface area contributed by atoms with Crippen molar-refractivity contribution in [3.05, 3.63) is 30.1 Å². The first-order chi connectivity index (χ1) is 13.3. The fourth-order valence-electron chi connectivity index (χ4n) is 4.41. The quantitative estimate of drug-likeness (QED) is 0.727. The molecule has 0 bridgehead atoms. The largest absolute Gasteiger partial charge is 0.366 e. The molecular weight excluding hydrogens is 385 g/mol. The number of nitrogens with zero attached hydrogens (tertiary/aromatic N) is 3. The van der Waals surface area contributed by atoms with Crippen LogP contribution in [0.2, 0.25) is 0 Å². The number of carbonyl (C=O) groups excluding carboxylic acids is 2. The highest BCUT2D eigenvalue weighted by Crippen LogP contribution is 2.28. The highest BCUT2D eigenvalue weighted by molar-refractivity contribution is 7.91. The summed E-state index contributed by atoms with van der Waals surface area (Å²) >= 11 is 0. The number of benzene rings is 1.